The summed E-state index contributed by atoms with van der Waals surface area (Å²) in [7, 11) is -12.4. The third-order valence-electron chi connectivity index (χ3n) is 3.21. The lowest BCUT2D eigenvalue weighted by Crippen LogP contribution is -2.64. The number of sulfonamides is 2. The second kappa shape index (κ2) is 11.0. The molecule has 0 atom stereocenters. The smallest absolute Gasteiger partial charge is 0.304 e. The Kier molecular flexibility index (Phi) is 12.2. The lowest BCUT2D eigenvalue weighted by Gasteiger charge is -2.42. The molecule has 0 heterocycles. The standard InChI is InChI=1S/C11H21Br6NO5S2Si/c1-4-7-23-26(8-5-2,9-6-3)18(24(19,20)10(12,13)14)25(21,22)11(15,16)17/h4-9H2,1-3H3. The number of rotatable bonds is 10. The van der Waals surface area contributed by atoms with Crippen molar-refractivity contribution < 1.29 is 21.3 Å². The zero-order valence-corrected chi connectivity index (χ0v) is 26.5. The predicted octanol–water partition coefficient (Wildman–Crippen LogP) is 6.23. The molecule has 0 unspecified atom stereocenters. The van der Waals surface area contributed by atoms with Crippen molar-refractivity contribution in [2.45, 2.75) is 55.1 Å². The van der Waals surface area contributed by atoms with E-state index in [1.807, 2.05) is 20.8 Å². The fourth-order valence-corrected chi connectivity index (χ4v) is 20.0. The van der Waals surface area contributed by atoms with E-state index in [2.05, 4.69) is 95.6 Å². The first-order valence-electron chi connectivity index (χ1n) is 7.62. The van der Waals surface area contributed by atoms with Crippen LogP contribution >= 0.6 is 95.6 Å². The van der Waals surface area contributed by atoms with Gasteiger partial charge in [0.05, 0.1) is 0 Å². The van der Waals surface area contributed by atoms with Gasteiger partial charge in [0.15, 0.2) is 0 Å². The van der Waals surface area contributed by atoms with Crippen molar-refractivity contribution >= 4 is 124 Å². The summed E-state index contributed by atoms with van der Waals surface area (Å²) in [5.41, 5.74) is 0. The van der Waals surface area contributed by atoms with E-state index in [-0.39, 0.29) is 6.61 Å². The molecule has 0 amide bonds. The molecule has 0 aromatic heterocycles. The SMILES string of the molecule is CCCO[Si](CCC)(CCC)N(S(=O)(=O)C(Br)(Br)Br)S(=O)(=O)C(Br)(Br)Br. The van der Waals surface area contributed by atoms with Crippen LogP contribution in [-0.2, 0) is 24.5 Å². The topological polar surface area (TPSA) is 80.8 Å². The molecule has 0 aromatic rings. The van der Waals surface area contributed by atoms with Gasteiger partial charge in [-0.1, -0.05) is 37.0 Å². The van der Waals surface area contributed by atoms with E-state index >= 15 is 0 Å². The van der Waals surface area contributed by atoms with Crippen molar-refractivity contribution in [3.8, 4) is 0 Å². The Morgan fingerprint density at radius 3 is 1.35 bits per heavy atom. The first-order valence-corrected chi connectivity index (χ1v) is 17.5. The highest BCUT2D eigenvalue weighted by molar-refractivity contribution is 9.43. The maximum atomic E-state index is 13.3. The Morgan fingerprint density at radius 2 is 1.12 bits per heavy atom. The first-order chi connectivity index (χ1) is 11.5. The number of nitrogens with zero attached hydrogens (tertiary/aromatic N) is 1. The highest BCUT2D eigenvalue weighted by Crippen LogP contribution is 2.51. The van der Waals surface area contributed by atoms with Crippen molar-refractivity contribution in [2.24, 2.45) is 0 Å². The minimum atomic E-state index is -4.47. The van der Waals surface area contributed by atoms with Crippen LogP contribution in [0.15, 0.2) is 0 Å². The summed E-state index contributed by atoms with van der Waals surface area (Å²) in [5, 5.41) is 0. The lowest BCUT2D eigenvalue weighted by atomic mass is 10.5. The van der Waals surface area contributed by atoms with Crippen LogP contribution in [0.1, 0.15) is 40.0 Å². The molecule has 0 rings (SSSR count). The monoisotopic (exact) mass is 813 g/mol. The Balaban J connectivity index is 6.96. The fraction of sp³-hybridized carbons (Fsp3) is 1.00. The van der Waals surface area contributed by atoms with Crippen LogP contribution in [-0.4, -0.2) is 38.2 Å². The summed E-state index contributed by atoms with van der Waals surface area (Å²) < 4.78 is 56.1. The van der Waals surface area contributed by atoms with Gasteiger partial charge in [-0.25, -0.2) is 16.8 Å². The number of alkyl halides is 6. The van der Waals surface area contributed by atoms with Gasteiger partial charge in [0, 0.05) is 6.61 Å². The molecule has 0 aliphatic carbocycles. The van der Waals surface area contributed by atoms with E-state index in [0.29, 0.717) is 34.7 Å². The third kappa shape index (κ3) is 6.71. The second-order valence-corrected chi connectivity index (χ2v) is 30.4. The van der Waals surface area contributed by atoms with Crippen LogP contribution in [0.25, 0.3) is 0 Å². The van der Waals surface area contributed by atoms with Crippen LogP contribution in [0, 0.1) is 0 Å². The Hall–Kier alpha value is 2.92. The molecule has 0 radical (unpaired) electrons. The van der Waals surface area contributed by atoms with Crippen LogP contribution in [0.3, 0.4) is 0 Å². The summed E-state index contributed by atoms with van der Waals surface area (Å²) in [6.07, 6.45) is 1.80. The van der Waals surface area contributed by atoms with Gasteiger partial charge in [-0.3, -0.25) is 0 Å². The molecule has 158 valence electrons. The average molecular weight is 819 g/mol. The molecule has 26 heavy (non-hydrogen) atoms. The molecular formula is C11H21Br6NO5S2Si. The van der Waals surface area contributed by atoms with Crippen LogP contribution in [0.4, 0.5) is 0 Å². The summed E-state index contributed by atoms with van der Waals surface area (Å²) >= 11 is 17.9. The van der Waals surface area contributed by atoms with Gasteiger partial charge < -0.3 is 4.43 Å². The van der Waals surface area contributed by atoms with Gasteiger partial charge in [-0.2, -0.15) is 0 Å². The van der Waals surface area contributed by atoms with E-state index in [0.717, 1.165) is 0 Å². The molecule has 0 aliphatic heterocycles. The maximum absolute atomic E-state index is 13.3. The minimum Gasteiger partial charge on any atom is -0.402 e. The van der Waals surface area contributed by atoms with Gasteiger partial charge in [0.2, 0.25) is 2.95 Å². The van der Waals surface area contributed by atoms with Gasteiger partial charge >= 0.3 is 8.48 Å². The molecule has 6 nitrogen and oxygen atoms in total. The highest BCUT2D eigenvalue weighted by atomic mass is 80.0. The Bertz CT molecular complexity index is 612. The highest BCUT2D eigenvalue weighted by Gasteiger charge is 2.62. The largest absolute Gasteiger partial charge is 0.402 e. The van der Waals surface area contributed by atoms with Crippen LogP contribution in [0.5, 0.6) is 0 Å². The number of halogens is 6. The predicted molar refractivity (Wildman–Crippen MR) is 131 cm³/mol. The van der Waals surface area contributed by atoms with Crippen molar-refractivity contribution in [2.75, 3.05) is 6.61 Å². The van der Waals surface area contributed by atoms with Gasteiger partial charge in [-0.05, 0) is 114 Å². The van der Waals surface area contributed by atoms with Crippen molar-refractivity contribution in [3.05, 3.63) is 0 Å². The summed E-state index contributed by atoms with van der Waals surface area (Å²) in [6, 6.07) is 0.677. The van der Waals surface area contributed by atoms with Crippen LogP contribution in [0.2, 0.25) is 12.1 Å². The molecule has 0 aliphatic rings. The van der Waals surface area contributed by atoms with Crippen molar-refractivity contribution in [1.82, 2.24) is 3.38 Å². The van der Waals surface area contributed by atoms with E-state index < -0.39 is 31.5 Å². The summed E-state index contributed by atoms with van der Waals surface area (Å²) in [6.45, 7) is 5.90. The summed E-state index contributed by atoms with van der Waals surface area (Å²) in [4.78, 5) is 0. The fourth-order valence-electron chi connectivity index (χ4n) is 2.33. The second-order valence-electron chi connectivity index (χ2n) is 5.39. The summed E-state index contributed by atoms with van der Waals surface area (Å²) in [5.74, 6) is 0. The number of hydrogen-bond donors (Lipinski definition) is 0. The normalized spacial score (nSPS) is 14.8. The first kappa shape index (κ1) is 28.9. The maximum Gasteiger partial charge on any atom is 0.304 e. The zero-order chi connectivity index (χ0) is 21.0. The minimum absolute atomic E-state index is 0.271. The van der Waals surface area contributed by atoms with E-state index in [9.17, 15) is 16.8 Å². The van der Waals surface area contributed by atoms with Gasteiger partial charge in [0.25, 0.3) is 20.0 Å². The average Bonchev–Trinajstić information content (AvgIpc) is 2.42. The molecule has 0 fully saturated rings. The molecule has 0 N–H and O–H groups in total. The molecule has 0 saturated heterocycles. The molecule has 0 spiro atoms. The van der Waals surface area contributed by atoms with Crippen LogP contribution < -0.4 is 0 Å². The third-order valence-corrected chi connectivity index (χ3v) is 21.2. The van der Waals surface area contributed by atoms with E-state index in [4.69, 9.17) is 4.43 Å². The zero-order valence-electron chi connectivity index (χ0n) is 14.3. The van der Waals surface area contributed by atoms with E-state index in [1.165, 1.54) is 0 Å². The molecule has 0 saturated carbocycles. The Morgan fingerprint density at radius 1 is 0.769 bits per heavy atom. The Labute approximate surface area is 208 Å². The van der Waals surface area contributed by atoms with Crippen molar-refractivity contribution in [3.63, 3.8) is 0 Å². The van der Waals surface area contributed by atoms with E-state index in [1.54, 1.807) is 0 Å². The molecule has 15 heteroatoms. The lowest BCUT2D eigenvalue weighted by molar-refractivity contribution is 0.279. The molecule has 0 bridgehead atoms. The van der Waals surface area contributed by atoms with Gasteiger partial charge in [0.1, 0.15) is 0 Å². The number of hydrogen-bond acceptors (Lipinski definition) is 5. The van der Waals surface area contributed by atoms with Gasteiger partial charge in [-0.15, -0.1) is 0 Å². The molecule has 0 aromatic carbocycles. The molecular weight excluding hydrogens is 798 g/mol. The quantitative estimate of drug-likeness (QED) is 0.193. The van der Waals surface area contributed by atoms with Crippen molar-refractivity contribution in [1.29, 1.82) is 0 Å².